The van der Waals surface area contributed by atoms with Crippen LogP contribution in [-0.4, -0.2) is 26.0 Å². The van der Waals surface area contributed by atoms with E-state index in [9.17, 15) is 17.2 Å². The Morgan fingerprint density at radius 2 is 1.82 bits per heavy atom. The maximum absolute atomic E-state index is 11.5. The van der Waals surface area contributed by atoms with Gasteiger partial charge in [-0.15, -0.1) is 12.4 Å². The molecule has 0 saturated carbocycles. The highest BCUT2D eigenvalue weighted by Gasteiger charge is 2.24. The van der Waals surface area contributed by atoms with Gasteiger partial charge in [-0.3, -0.25) is 0 Å². The molecule has 11 heavy (non-hydrogen) atoms. The molecule has 0 rings (SSSR count). The molecule has 0 aliphatic heterocycles. The summed E-state index contributed by atoms with van der Waals surface area (Å²) in [7, 11) is -4.26. The molecule has 0 spiro atoms. The molecule has 1 atom stereocenters. The lowest BCUT2D eigenvalue weighted by Gasteiger charge is -2.04. The van der Waals surface area contributed by atoms with Crippen LogP contribution in [0.25, 0.3) is 0 Å². The maximum atomic E-state index is 11.5. The van der Waals surface area contributed by atoms with Crippen LogP contribution in [-0.2, 0) is 9.84 Å². The van der Waals surface area contributed by atoms with Gasteiger partial charge < -0.3 is 5.73 Å². The van der Waals surface area contributed by atoms with Crippen molar-refractivity contribution in [2.45, 2.75) is 18.7 Å². The Labute approximate surface area is 70.3 Å². The number of hydrogen-bond acceptors (Lipinski definition) is 3. The van der Waals surface area contributed by atoms with Crippen molar-refractivity contribution in [3.05, 3.63) is 0 Å². The molecule has 0 saturated heterocycles. The predicted molar refractivity (Wildman–Crippen MR) is 40.7 cm³/mol. The van der Waals surface area contributed by atoms with E-state index in [1.165, 1.54) is 6.92 Å². The topological polar surface area (TPSA) is 60.2 Å². The van der Waals surface area contributed by atoms with Crippen LogP contribution in [0.1, 0.15) is 6.92 Å². The fourth-order valence-corrected chi connectivity index (χ4v) is 1.32. The fraction of sp³-hybridized carbons (Fsp3) is 1.00. The first-order valence-corrected chi connectivity index (χ1v) is 4.33. The third-order valence-corrected chi connectivity index (χ3v) is 2.30. The summed E-state index contributed by atoms with van der Waals surface area (Å²) in [5.41, 5.74) is 5.00. The Kier molecular flexibility index (Phi) is 6.00. The third-order valence-electron chi connectivity index (χ3n) is 0.767. The Bertz CT molecular complexity index is 192. The largest absolute Gasteiger partial charge is 0.336 e. The summed E-state index contributed by atoms with van der Waals surface area (Å²) in [6.07, 6.45) is 0. The average molecular weight is 210 g/mol. The summed E-state index contributed by atoms with van der Waals surface area (Å²) in [4.78, 5) is 0. The standard InChI is InChI=1S/C4H9F2NO2S.ClH/c1-3(7)2-10(8,9)4(5)6;/h3-4H,2,7H2,1H3;1H/t3-;/m1./s1. The fourth-order valence-electron chi connectivity index (χ4n) is 0.439. The Morgan fingerprint density at radius 3 is 1.91 bits per heavy atom. The van der Waals surface area contributed by atoms with E-state index in [0.717, 1.165) is 0 Å². The second-order valence-electron chi connectivity index (χ2n) is 2.07. The Hall–Kier alpha value is 0.0600. The van der Waals surface area contributed by atoms with Gasteiger partial charge in [0.1, 0.15) is 0 Å². The van der Waals surface area contributed by atoms with Gasteiger partial charge in [-0.2, -0.15) is 8.78 Å². The van der Waals surface area contributed by atoms with E-state index in [1.54, 1.807) is 0 Å². The monoisotopic (exact) mass is 209 g/mol. The van der Waals surface area contributed by atoms with Crippen molar-refractivity contribution in [1.29, 1.82) is 0 Å². The second kappa shape index (κ2) is 4.84. The highest BCUT2D eigenvalue weighted by Crippen LogP contribution is 2.05. The van der Waals surface area contributed by atoms with Crippen molar-refractivity contribution in [2.24, 2.45) is 5.73 Å². The molecule has 70 valence electrons. The van der Waals surface area contributed by atoms with Crippen molar-refractivity contribution in [1.82, 2.24) is 0 Å². The zero-order valence-corrected chi connectivity index (χ0v) is 7.46. The van der Waals surface area contributed by atoms with Crippen LogP contribution in [0.3, 0.4) is 0 Å². The van der Waals surface area contributed by atoms with Crippen LogP contribution < -0.4 is 5.73 Å². The number of halogens is 3. The first-order chi connectivity index (χ1) is 4.36. The molecular formula is C4H10ClF2NO2S. The molecule has 0 heterocycles. The van der Waals surface area contributed by atoms with Crippen molar-refractivity contribution in [3.8, 4) is 0 Å². The molecule has 3 nitrogen and oxygen atoms in total. The SMILES string of the molecule is C[C@@H](N)CS(=O)(=O)C(F)F.Cl. The van der Waals surface area contributed by atoms with Gasteiger partial charge in [0.2, 0.25) is 9.84 Å². The molecule has 0 bridgehead atoms. The van der Waals surface area contributed by atoms with Crippen LogP contribution in [0.4, 0.5) is 8.78 Å². The number of alkyl halides is 2. The van der Waals surface area contributed by atoms with E-state index >= 15 is 0 Å². The zero-order chi connectivity index (χ0) is 8.36. The minimum Gasteiger partial charge on any atom is -0.327 e. The van der Waals surface area contributed by atoms with E-state index in [2.05, 4.69) is 0 Å². The van der Waals surface area contributed by atoms with E-state index in [1.807, 2.05) is 0 Å². The van der Waals surface area contributed by atoms with Gasteiger partial charge in [0.05, 0.1) is 5.75 Å². The molecule has 0 radical (unpaired) electrons. The molecule has 0 aromatic rings. The third kappa shape index (κ3) is 5.34. The van der Waals surface area contributed by atoms with E-state index in [4.69, 9.17) is 5.73 Å². The number of rotatable bonds is 3. The van der Waals surface area contributed by atoms with Crippen molar-refractivity contribution in [3.63, 3.8) is 0 Å². The molecule has 0 aromatic heterocycles. The molecule has 0 aliphatic rings. The van der Waals surface area contributed by atoms with E-state index in [0.29, 0.717) is 0 Å². The van der Waals surface area contributed by atoms with Crippen LogP contribution in [0.15, 0.2) is 0 Å². The van der Waals surface area contributed by atoms with Gasteiger partial charge in [0.15, 0.2) is 0 Å². The average Bonchev–Trinajstić information content (AvgIpc) is 1.60. The maximum Gasteiger partial charge on any atom is 0.336 e. The molecule has 0 aliphatic carbocycles. The minimum absolute atomic E-state index is 0. The van der Waals surface area contributed by atoms with E-state index in [-0.39, 0.29) is 12.4 Å². The smallest absolute Gasteiger partial charge is 0.327 e. The van der Waals surface area contributed by atoms with Gasteiger partial charge in [0, 0.05) is 6.04 Å². The molecular weight excluding hydrogens is 200 g/mol. The summed E-state index contributed by atoms with van der Waals surface area (Å²) in [5.74, 6) is -3.97. The molecule has 0 aromatic carbocycles. The van der Waals surface area contributed by atoms with Gasteiger partial charge in [-0.05, 0) is 6.92 Å². The van der Waals surface area contributed by atoms with Crippen LogP contribution >= 0.6 is 12.4 Å². The second-order valence-corrected chi connectivity index (χ2v) is 4.08. The number of sulfone groups is 1. The van der Waals surface area contributed by atoms with E-state index < -0.39 is 27.4 Å². The molecule has 0 unspecified atom stereocenters. The lowest BCUT2D eigenvalue weighted by molar-refractivity contribution is 0.234. The molecule has 0 amide bonds. The van der Waals surface area contributed by atoms with Crippen molar-refractivity contribution >= 4 is 22.2 Å². The van der Waals surface area contributed by atoms with Crippen LogP contribution in [0.2, 0.25) is 0 Å². The molecule has 2 N–H and O–H groups in total. The molecule has 0 fully saturated rings. The first-order valence-electron chi connectivity index (χ1n) is 2.61. The quantitative estimate of drug-likeness (QED) is 0.732. The van der Waals surface area contributed by atoms with Crippen LogP contribution in [0.5, 0.6) is 0 Å². The van der Waals surface area contributed by atoms with Crippen molar-refractivity contribution in [2.75, 3.05) is 5.75 Å². The summed E-state index contributed by atoms with van der Waals surface area (Å²) in [5, 5.41) is 0. The highest BCUT2D eigenvalue weighted by atomic mass is 35.5. The lowest BCUT2D eigenvalue weighted by atomic mass is 10.4. The van der Waals surface area contributed by atoms with Gasteiger partial charge >= 0.3 is 5.76 Å². The Balaban J connectivity index is 0. The molecule has 7 heteroatoms. The van der Waals surface area contributed by atoms with Gasteiger partial charge in [-0.1, -0.05) is 0 Å². The lowest BCUT2D eigenvalue weighted by Crippen LogP contribution is -2.29. The number of hydrogen-bond donors (Lipinski definition) is 1. The van der Waals surface area contributed by atoms with Crippen molar-refractivity contribution < 1.29 is 17.2 Å². The highest BCUT2D eigenvalue weighted by molar-refractivity contribution is 7.91. The minimum atomic E-state index is -4.26. The normalized spacial score (nSPS) is 14.3. The Morgan fingerprint density at radius 1 is 1.45 bits per heavy atom. The zero-order valence-electron chi connectivity index (χ0n) is 5.83. The summed E-state index contributed by atoms with van der Waals surface area (Å²) >= 11 is 0. The van der Waals surface area contributed by atoms with Crippen LogP contribution in [0, 0.1) is 0 Å². The summed E-state index contributed by atoms with van der Waals surface area (Å²) in [6.45, 7) is 1.36. The summed E-state index contributed by atoms with van der Waals surface area (Å²) < 4.78 is 43.7. The van der Waals surface area contributed by atoms with Gasteiger partial charge in [-0.25, -0.2) is 8.42 Å². The summed E-state index contributed by atoms with van der Waals surface area (Å²) in [6, 6.07) is -0.737. The first kappa shape index (κ1) is 13.6. The predicted octanol–water partition coefficient (Wildman–Crippen LogP) is 0.393. The van der Waals surface area contributed by atoms with Gasteiger partial charge in [0.25, 0.3) is 0 Å². The number of nitrogens with two attached hydrogens (primary N) is 1.